The van der Waals surface area contributed by atoms with Crippen molar-refractivity contribution in [3.63, 3.8) is 0 Å². The summed E-state index contributed by atoms with van der Waals surface area (Å²) in [5.74, 6) is 1.76. The van der Waals surface area contributed by atoms with Crippen molar-refractivity contribution in [2.75, 3.05) is 13.3 Å². The Morgan fingerprint density at radius 1 is 1.06 bits per heavy atom. The first-order chi connectivity index (χ1) is 7.52. The van der Waals surface area contributed by atoms with E-state index < -0.39 is 18.2 Å². The molecule has 99 valence electrons. The van der Waals surface area contributed by atoms with Gasteiger partial charge in [-0.1, -0.05) is 24.3 Å². The molecule has 3 atom stereocenters. The average molecular weight is 393 g/mol. The van der Waals surface area contributed by atoms with Crippen LogP contribution >= 0.6 is 33.5 Å². The second-order valence-electron chi connectivity index (χ2n) is 4.33. The Morgan fingerprint density at radius 2 is 1.59 bits per heavy atom. The fraction of sp³-hybridized carbons (Fsp3) is 0.583. The summed E-state index contributed by atoms with van der Waals surface area (Å²) in [6.07, 6.45) is 12.2. The molecule has 0 bridgehead atoms. The van der Waals surface area contributed by atoms with Gasteiger partial charge in [0.05, 0.1) is 0 Å². The molecule has 3 unspecified atom stereocenters. The molecule has 5 heteroatoms. The Morgan fingerprint density at radius 3 is 2.12 bits per heavy atom. The van der Waals surface area contributed by atoms with Gasteiger partial charge in [-0.2, -0.15) is 0 Å². The van der Waals surface area contributed by atoms with Crippen molar-refractivity contribution in [2.45, 2.75) is 18.5 Å². The van der Waals surface area contributed by atoms with E-state index >= 15 is 0 Å². The Bertz CT molecular complexity index is 264. The van der Waals surface area contributed by atoms with E-state index in [1.54, 1.807) is 0 Å². The van der Waals surface area contributed by atoms with Gasteiger partial charge in [0.15, 0.2) is 0 Å². The first-order valence-corrected chi connectivity index (χ1v) is 17.2. The predicted octanol–water partition coefficient (Wildman–Crippen LogP) is 5.76. The normalized spacial score (nSPS) is 29.2. The molecule has 0 amide bonds. The second-order valence-corrected chi connectivity index (χ2v) is 18.1. The molecule has 0 spiro atoms. The molecule has 0 heterocycles. The Kier molecular flexibility index (Phi) is 10.5. The summed E-state index contributed by atoms with van der Waals surface area (Å²) in [5, 5.41) is 0. The first-order valence-electron chi connectivity index (χ1n) is 5.37. The molecule has 0 N–H and O–H groups in total. The molecule has 17 heavy (non-hydrogen) atoms. The van der Waals surface area contributed by atoms with Crippen LogP contribution in [0.1, 0.15) is 12.8 Å². The fourth-order valence-electron chi connectivity index (χ4n) is 2.53. The standard InChI is InChI=1S/C11H17P.CH3.3ClH.Zr/c1-12(2)11-8-7-9-5-3-4-6-10(9)11;;;;;/h3-6,9-11H,7-8H2,1-2H3;1H3;3*1H;/q;-1;;;;+3/p-3. The minimum atomic E-state index is -2.13. The van der Waals surface area contributed by atoms with E-state index in [4.69, 9.17) is 25.5 Å². The van der Waals surface area contributed by atoms with Crippen LogP contribution < -0.4 is 0 Å². The molecule has 1 fully saturated rings. The van der Waals surface area contributed by atoms with E-state index in [9.17, 15) is 0 Å². The van der Waals surface area contributed by atoms with Crippen LogP contribution in [0.4, 0.5) is 0 Å². The van der Waals surface area contributed by atoms with Gasteiger partial charge in [-0.25, -0.2) is 0 Å². The number of allylic oxidation sites excluding steroid dienone is 4. The van der Waals surface area contributed by atoms with Gasteiger partial charge < -0.3 is 7.43 Å². The molecule has 0 nitrogen and oxygen atoms in total. The van der Waals surface area contributed by atoms with Crippen molar-refractivity contribution in [3.05, 3.63) is 31.7 Å². The Labute approximate surface area is 126 Å². The Balaban J connectivity index is 0.000000453. The van der Waals surface area contributed by atoms with Crippen LogP contribution in [0.15, 0.2) is 24.3 Å². The molecule has 0 radical (unpaired) electrons. The number of halogens is 3. The third-order valence-electron chi connectivity index (χ3n) is 3.20. The zero-order valence-electron chi connectivity index (χ0n) is 10.5. The third kappa shape index (κ3) is 6.58. The minimum absolute atomic E-state index is 0. The van der Waals surface area contributed by atoms with Crippen LogP contribution in [-0.4, -0.2) is 19.0 Å². The average Bonchev–Trinajstić information content (AvgIpc) is 2.59. The monoisotopic (exact) mass is 390 g/mol. The van der Waals surface area contributed by atoms with Crippen molar-refractivity contribution in [2.24, 2.45) is 11.8 Å². The van der Waals surface area contributed by atoms with Gasteiger partial charge in [0, 0.05) is 0 Å². The molecule has 0 aromatic carbocycles. The van der Waals surface area contributed by atoms with Crippen LogP contribution in [0.3, 0.4) is 0 Å². The topological polar surface area (TPSA) is 0 Å². The summed E-state index contributed by atoms with van der Waals surface area (Å²) in [6, 6.07) is 0. The maximum atomic E-state index is 5.00. The summed E-state index contributed by atoms with van der Waals surface area (Å²) < 4.78 is 0. The van der Waals surface area contributed by atoms with Crippen LogP contribution in [-0.2, 0) is 18.2 Å². The van der Waals surface area contributed by atoms with Crippen molar-refractivity contribution >= 4 is 33.5 Å². The molecule has 2 aliphatic carbocycles. The predicted molar refractivity (Wildman–Crippen MR) is 81.0 cm³/mol. The van der Waals surface area contributed by atoms with E-state index in [0.717, 1.165) is 17.5 Å². The van der Waals surface area contributed by atoms with Crippen LogP contribution in [0.2, 0.25) is 0 Å². The third-order valence-corrected chi connectivity index (χ3v) is 5.13. The molecule has 0 aliphatic heterocycles. The molecule has 0 aromatic heterocycles. The summed E-state index contributed by atoms with van der Waals surface area (Å²) in [7, 11) is 15.3. The molecule has 2 rings (SSSR count). The van der Waals surface area contributed by atoms with E-state index in [-0.39, 0.29) is 15.3 Å². The summed E-state index contributed by atoms with van der Waals surface area (Å²) in [4.78, 5) is 0. The van der Waals surface area contributed by atoms with Crippen LogP contribution in [0, 0.1) is 19.3 Å². The van der Waals surface area contributed by atoms with Crippen molar-refractivity contribution in [1.29, 1.82) is 0 Å². The molecule has 0 aromatic rings. The van der Waals surface area contributed by atoms with Crippen molar-refractivity contribution in [1.82, 2.24) is 0 Å². The number of fused-ring (bicyclic) bond motifs is 1. The van der Waals surface area contributed by atoms with Gasteiger partial charge in [0.25, 0.3) is 0 Å². The molecular formula is C12H20Cl3PZr-. The van der Waals surface area contributed by atoms with Gasteiger partial charge in [0.1, 0.15) is 0 Å². The van der Waals surface area contributed by atoms with E-state index in [2.05, 4.69) is 37.6 Å². The van der Waals surface area contributed by atoms with E-state index in [1.165, 1.54) is 12.8 Å². The zero-order valence-corrected chi connectivity index (χ0v) is 16.2. The van der Waals surface area contributed by atoms with Gasteiger partial charge in [-0.05, 0) is 43.7 Å². The van der Waals surface area contributed by atoms with E-state index in [1.807, 2.05) is 0 Å². The molecule has 1 saturated carbocycles. The van der Waals surface area contributed by atoms with Crippen molar-refractivity contribution in [3.8, 4) is 0 Å². The van der Waals surface area contributed by atoms with Gasteiger partial charge in [0.2, 0.25) is 0 Å². The quantitative estimate of drug-likeness (QED) is 0.393. The second kappa shape index (κ2) is 9.55. The van der Waals surface area contributed by atoms with Crippen LogP contribution in [0.5, 0.6) is 0 Å². The SMILES string of the molecule is CP(C)C1CCC2C=CC=CC21.[CH3-].[Cl][Zr]([Cl])[Cl]. The number of hydrogen-bond donors (Lipinski definition) is 0. The number of rotatable bonds is 1. The van der Waals surface area contributed by atoms with Gasteiger partial charge in [-0.3, -0.25) is 0 Å². The number of hydrogen-bond acceptors (Lipinski definition) is 0. The maximum absolute atomic E-state index is 5.00. The molecular weight excluding hydrogens is 373 g/mol. The van der Waals surface area contributed by atoms with Gasteiger partial charge >= 0.3 is 43.7 Å². The first kappa shape index (κ1) is 18.7. The molecule has 0 saturated heterocycles. The van der Waals surface area contributed by atoms with E-state index in [0.29, 0.717) is 0 Å². The summed E-state index contributed by atoms with van der Waals surface area (Å²) in [6.45, 7) is 4.85. The molecule has 2 aliphatic rings. The zero-order chi connectivity index (χ0) is 12.1. The summed E-state index contributed by atoms with van der Waals surface area (Å²) >= 11 is -2.13. The van der Waals surface area contributed by atoms with Crippen molar-refractivity contribution < 1.29 is 18.2 Å². The fourth-order valence-corrected chi connectivity index (χ4v) is 4.21. The van der Waals surface area contributed by atoms with Crippen LogP contribution in [0.25, 0.3) is 0 Å². The Hall–Kier alpha value is 1.66. The summed E-state index contributed by atoms with van der Waals surface area (Å²) in [5.41, 5.74) is 1.01. The van der Waals surface area contributed by atoms with Gasteiger partial charge in [-0.15, -0.1) is 7.92 Å².